The SMILES string of the molecule is CCOC1(C(Cc2cc(Cl)ccc2OC)NN)CCCC1. The number of benzene rings is 1. The summed E-state index contributed by atoms with van der Waals surface area (Å²) in [5.41, 5.74) is 3.84. The topological polar surface area (TPSA) is 56.5 Å². The zero-order valence-electron chi connectivity index (χ0n) is 12.8. The third-order valence-corrected chi connectivity index (χ3v) is 4.62. The van der Waals surface area contributed by atoms with Crippen LogP contribution in [0.1, 0.15) is 38.2 Å². The van der Waals surface area contributed by atoms with Crippen molar-refractivity contribution in [2.45, 2.75) is 50.7 Å². The highest BCUT2D eigenvalue weighted by Gasteiger charge is 2.42. The van der Waals surface area contributed by atoms with Gasteiger partial charge in [-0.05, 0) is 49.9 Å². The number of rotatable bonds is 7. The molecule has 21 heavy (non-hydrogen) atoms. The summed E-state index contributed by atoms with van der Waals surface area (Å²) in [6.45, 7) is 2.73. The molecule has 1 aromatic rings. The number of nitrogens with one attached hydrogen (secondary N) is 1. The van der Waals surface area contributed by atoms with Gasteiger partial charge in [-0.2, -0.15) is 0 Å². The minimum absolute atomic E-state index is 0.0484. The molecule has 0 saturated heterocycles. The van der Waals surface area contributed by atoms with Gasteiger partial charge in [-0.1, -0.05) is 24.4 Å². The van der Waals surface area contributed by atoms with Crippen LogP contribution in [0.15, 0.2) is 18.2 Å². The summed E-state index contributed by atoms with van der Waals surface area (Å²) >= 11 is 6.12. The Morgan fingerprint density at radius 3 is 2.67 bits per heavy atom. The molecule has 1 unspecified atom stereocenters. The van der Waals surface area contributed by atoms with Gasteiger partial charge >= 0.3 is 0 Å². The molecular formula is C16H25ClN2O2. The van der Waals surface area contributed by atoms with Gasteiger partial charge in [0.15, 0.2) is 0 Å². The minimum atomic E-state index is -0.184. The van der Waals surface area contributed by atoms with Crippen LogP contribution in [0.4, 0.5) is 0 Å². The summed E-state index contributed by atoms with van der Waals surface area (Å²) in [5, 5.41) is 0.707. The van der Waals surface area contributed by atoms with Crippen molar-refractivity contribution in [1.29, 1.82) is 0 Å². The van der Waals surface area contributed by atoms with Crippen LogP contribution in [-0.4, -0.2) is 25.4 Å². The van der Waals surface area contributed by atoms with E-state index in [1.807, 2.05) is 25.1 Å². The van der Waals surface area contributed by atoms with Crippen LogP contribution in [0.2, 0.25) is 5.02 Å². The number of hydrazine groups is 1. The first-order valence-electron chi connectivity index (χ1n) is 7.57. The monoisotopic (exact) mass is 312 g/mol. The van der Waals surface area contributed by atoms with E-state index < -0.39 is 0 Å². The van der Waals surface area contributed by atoms with Gasteiger partial charge in [0.05, 0.1) is 18.8 Å². The Hall–Kier alpha value is -0.810. The van der Waals surface area contributed by atoms with Crippen LogP contribution in [0.3, 0.4) is 0 Å². The van der Waals surface area contributed by atoms with E-state index in [0.29, 0.717) is 11.6 Å². The molecule has 0 aliphatic heterocycles. The number of nitrogens with two attached hydrogens (primary N) is 1. The second-order valence-corrected chi connectivity index (χ2v) is 6.02. The highest BCUT2D eigenvalue weighted by atomic mass is 35.5. The fourth-order valence-corrected chi connectivity index (χ4v) is 3.57. The Kier molecular flexibility index (Phi) is 5.88. The van der Waals surface area contributed by atoms with Crippen molar-refractivity contribution in [3.8, 4) is 5.75 Å². The molecule has 1 atom stereocenters. The van der Waals surface area contributed by atoms with E-state index in [-0.39, 0.29) is 11.6 Å². The van der Waals surface area contributed by atoms with E-state index in [1.165, 1.54) is 12.8 Å². The van der Waals surface area contributed by atoms with Gasteiger partial charge in [-0.3, -0.25) is 11.3 Å². The van der Waals surface area contributed by atoms with Crippen LogP contribution >= 0.6 is 11.6 Å². The molecule has 0 radical (unpaired) electrons. The molecule has 3 N–H and O–H groups in total. The fraction of sp³-hybridized carbons (Fsp3) is 0.625. The molecule has 0 spiro atoms. The van der Waals surface area contributed by atoms with Crippen molar-refractivity contribution in [2.75, 3.05) is 13.7 Å². The fourth-order valence-electron chi connectivity index (χ4n) is 3.38. The van der Waals surface area contributed by atoms with Gasteiger partial charge < -0.3 is 9.47 Å². The first-order chi connectivity index (χ1) is 10.1. The van der Waals surface area contributed by atoms with Crippen LogP contribution in [0, 0.1) is 0 Å². The van der Waals surface area contributed by atoms with Crippen molar-refractivity contribution >= 4 is 11.6 Å². The number of methoxy groups -OCH3 is 1. The van der Waals surface area contributed by atoms with Crippen molar-refractivity contribution in [2.24, 2.45) is 5.84 Å². The molecule has 2 rings (SSSR count). The maximum absolute atomic E-state index is 6.12. The summed E-state index contributed by atoms with van der Waals surface area (Å²) in [5.74, 6) is 6.68. The zero-order chi connectivity index (χ0) is 15.3. The molecule has 1 aliphatic rings. The molecule has 1 aromatic carbocycles. The maximum Gasteiger partial charge on any atom is 0.122 e. The van der Waals surface area contributed by atoms with E-state index in [1.54, 1.807) is 7.11 Å². The molecule has 0 aromatic heterocycles. The summed E-state index contributed by atoms with van der Waals surface area (Å²) in [7, 11) is 1.67. The van der Waals surface area contributed by atoms with Crippen molar-refractivity contribution in [3.05, 3.63) is 28.8 Å². The Balaban J connectivity index is 2.24. The molecule has 1 fully saturated rings. The summed E-state index contributed by atoms with van der Waals surface area (Å²) < 4.78 is 11.5. The molecule has 118 valence electrons. The smallest absolute Gasteiger partial charge is 0.122 e. The number of ether oxygens (including phenoxy) is 2. The quantitative estimate of drug-likeness (QED) is 0.600. The van der Waals surface area contributed by atoms with Crippen LogP contribution in [-0.2, 0) is 11.2 Å². The van der Waals surface area contributed by atoms with E-state index in [9.17, 15) is 0 Å². The van der Waals surface area contributed by atoms with E-state index in [0.717, 1.165) is 30.6 Å². The van der Waals surface area contributed by atoms with Crippen molar-refractivity contribution in [3.63, 3.8) is 0 Å². The Morgan fingerprint density at radius 2 is 2.10 bits per heavy atom. The molecule has 4 nitrogen and oxygen atoms in total. The highest BCUT2D eigenvalue weighted by molar-refractivity contribution is 6.30. The summed E-state index contributed by atoms with van der Waals surface area (Å²) in [6.07, 6.45) is 5.19. The third-order valence-electron chi connectivity index (χ3n) is 4.38. The second kappa shape index (κ2) is 7.45. The first kappa shape index (κ1) is 16.6. The lowest BCUT2D eigenvalue weighted by molar-refractivity contribution is -0.0614. The molecule has 0 amide bonds. The van der Waals surface area contributed by atoms with Crippen LogP contribution in [0.25, 0.3) is 0 Å². The molecule has 0 heterocycles. The Bertz CT molecular complexity index is 462. The molecule has 0 bridgehead atoms. The largest absolute Gasteiger partial charge is 0.496 e. The van der Waals surface area contributed by atoms with Gasteiger partial charge in [0, 0.05) is 11.6 Å². The lowest BCUT2D eigenvalue weighted by atomic mass is 9.87. The van der Waals surface area contributed by atoms with Gasteiger partial charge in [-0.15, -0.1) is 0 Å². The van der Waals surface area contributed by atoms with Crippen molar-refractivity contribution < 1.29 is 9.47 Å². The lowest BCUT2D eigenvalue weighted by Gasteiger charge is -2.37. The summed E-state index contributed by atoms with van der Waals surface area (Å²) in [6, 6.07) is 5.72. The van der Waals surface area contributed by atoms with E-state index >= 15 is 0 Å². The standard InChI is InChI=1S/C16H25ClN2O2/c1-3-21-16(8-4-5-9-16)15(19-18)11-12-10-13(17)6-7-14(12)20-2/h6-7,10,15,19H,3-5,8-9,11,18H2,1-2H3. The van der Waals surface area contributed by atoms with Crippen LogP contribution < -0.4 is 16.0 Å². The highest BCUT2D eigenvalue weighted by Crippen LogP contribution is 2.38. The number of hydrogen-bond donors (Lipinski definition) is 2. The lowest BCUT2D eigenvalue weighted by Crippen LogP contribution is -2.54. The summed E-state index contributed by atoms with van der Waals surface area (Å²) in [4.78, 5) is 0. The first-order valence-corrected chi connectivity index (χ1v) is 7.95. The Morgan fingerprint density at radius 1 is 1.38 bits per heavy atom. The van der Waals surface area contributed by atoms with Gasteiger partial charge in [0.2, 0.25) is 0 Å². The third kappa shape index (κ3) is 3.69. The van der Waals surface area contributed by atoms with Gasteiger partial charge in [-0.25, -0.2) is 0 Å². The zero-order valence-corrected chi connectivity index (χ0v) is 13.6. The predicted molar refractivity (Wildman–Crippen MR) is 85.6 cm³/mol. The van der Waals surface area contributed by atoms with Gasteiger partial charge in [0.25, 0.3) is 0 Å². The second-order valence-electron chi connectivity index (χ2n) is 5.58. The molecule has 1 saturated carbocycles. The maximum atomic E-state index is 6.12. The Labute approximate surface area is 131 Å². The molecule has 1 aliphatic carbocycles. The average molecular weight is 313 g/mol. The number of halogens is 1. The van der Waals surface area contributed by atoms with E-state index in [4.69, 9.17) is 26.9 Å². The van der Waals surface area contributed by atoms with Crippen LogP contribution in [0.5, 0.6) is 5.75 Å². The predicted octanol–water partition coefficient (Wildman–Crippen LogP) is 3.07. The van der Waals surface area contributed by atoms with Gasteiger partial charge in [0.1, 0.15) is 5.75 Å². The van der Waals surface area contributed by atoms with Crippen molar-refractivity contribution in [1.82, 2.24) is 5.43 Å². The average Bonchev–Trinajstić information content (AvgIpc) is 2.95. The number of hydrogen-bond acceptors (Lipinski definition) is 4. The van der Waals surface area contributed by atoms with E-state index in [2.05, 4.69) is 5.43 Å². The normalized spacial score (nSPS) is 18.7. The molecular weight excluding hydrogens is 288 g/mol. The molecule has 5 heteroatoms. The minimum Gasteiger partial charge on any atom is -0.496 e.